The van der Waals surface area contributed by atoms with Crippen molar-refractivity contribution in [1.82, 2.24) is 4.57 Å². The molecule has 0 aliphatic rings. The highest BCUT2D eigenvalue weighted by atomic mass is 19.4. The van der Waals surface area contributed by atoms with Gasteiger partial charge in [0.2, 0.25) is 5.91 Å². The molecule has 0 atom stereocenters. The molecule has 0 spiro atoms. The lowest BCUT2D eigenvalue weighted by Crippen LogP contribution is -2.13. The van der Waals surface area contributed by atoms with Crippen molar-refractivity contribution in [2.24, 2.45) is 5.73 Å². The van der Waals surface area contributed by atoms with E-state index in [4.69, 9.17) is 5.73 Å². The number of amides is 1. The summed E-state index contributed by atoms with van der Waals surface area (Å²) in [5.41, 5.74) is 6.15. The summed E-state index contributed by atoms with van der Waals surface area (Å²) in [6.07, 6.45) is -4.73. The van der Waals surface area contributed by atoms with Crippen molar-refractivity contribution in [2.45, 2.75) is 19.3 Å². The molecule has 4 nitrogen and oxygen atoms in total. The number of fused-ring (bicyclic) bond motifs is 3. The Hall–Kier alpha value is -3.39. The molecule has 4 aromatic rings. The van der Waals surface area contributed by atoms with Gasteiger partial charge in [-0.25, -0.2) is 4.39 Å². The number of primary amides is 1. The minimum absolute atomic E-state index is 0.124. The van der Waals surface area contributed by atoms with E-state index in [0.29, 0.717) is 33.4 Å². The van der Waals surface area contributed by atoms with Crippen LogP contribution in [0.15, 0.2) is 54.6 Å². The first-order valence-electron chi connectivity index (χ1n) is 9.01. The van der Waals surface area contributed by atoms with E-state index in [1.165, 1.54) is 0 Å². The maximum atomic E-state index is 13.5. The molecule has 1 amide bonds. The summed E-state index contributed by atoms with van der Waals surface area (Å²) in [6, 6.07) is 12.4. The van der Waals surface area contributed by atoms with Gasteiger partial charge >= 0.3 is 6.18 Å². The Bertz CT molecular complexity index is 1290. The second-order valence-electron chi connectivity index (χ2n) is 6.96. The van der Waals surface area contributed by atoms with Crippen molar-refractivity contribution in [2.75, 3.05) is 0 Å². The molecule has 0 radical (unpaired) electrons. The Morgan fingerprint density at radius 3 is 2.47 bits per heavy atom. The Morgan fingerprint density at radius 1 is 1.03 bits per heavy atom. The number of aromatic nitrogens is 1. The normalized spacial score (nSPS) is 12.0. The lowest BCUT2D eigenvalue weighted by Gasteiger charge is -2.15. The highest BCUT2D eigenvalue weighted by Gasteiger charge is 2.34. The number of aliphatic hydroxyl groups is 1. The van der Waals surface area contributed by atoms with Gasteiger partial charge in [0, 0.05) is 28.4 Å². The number of rotatable bonds is 4. The third kappa shape index (κ3) is 3.29. The summed E-state index contributed by atoms with van der Waals surface area (Å²) in [5.74, 6) is -1.64. The van der Waals surface area contributed by atoms with Crippen molar-refractivity contribution >= 4 is 27.7 Å². The average Bonchev–Trinajstić information content (AvgIpc) is 3.01. The summed E-state index contributed by atoms with van der Waals surface area (Å²) in [7, 11) is 0. The third-order valence-electron chi connectivity index (χ3n) is 5.11. The quantitative estimate of drug-likeness (QED) is 0.478. The minimum Gasteiger partial charge on any atom is -0.392 e. The molecule has 30 heavy (non-hydrogen) atoms. The summed E-state index contributed by atoms with van der Waals surface area (Å²) in [6.45, 7) is -0.475. The minimum atomic E-state index is -4.73. The molecule has 3 aromatic carbocycles. The smallest absolute Gasteiger partial charge is 0.392 e. The standard InChI is InChI=1S/C22H16F4N2O2/c23-14-6-5-13(17(9-14)22(24,25)26)10-28-18-3-1-2-16(21(27)30)20(18)15-7-4-12(11-29)8-19(15)28/h1-9,29H,10-11H2,(H2,27,30). The fourth-order valence-corrected chi connectivity index (χ4v) is 3.78. The van der Waals surface area contributed by atoms with Gasteiger partial charge < -0.3 is 15.4 Å². The SMILES string of the molecule is NC(=O)c1cccc2c1c1ccc(CO)cc1n2Cc1ccc(F)cc1C(F)(F)F. The summed E-state index contributed by atoms with van der Waals surface area (Å²) in [4.78, 5) is 12.0. The van der Waals surface area contributed by atoms with E-state index in [1.54, 1.807) is 41.0 Å². The van der Waals surface area contributed by atoms with Crippen molar-refractivity contribution in [3.8, 4) is 0 Å². The summed E-state index contributed by atoms with van der Waals surface area (Å²) < 4.78 is 55.6. The molecule has 1 aromatic heterocycles. The van der Waals surface area contributed by atoms with Gasteiger partial charge in [-0.2, -0.15) is 13.2 Å². The van der Waals surface area contributed by atoms with E-state index in [9.17, 15) is 27.5 Å². The van der Waals surface area contributed by atoms with Crippen molar-refractivity contribution < 1.29 is 27.5 Å². The highest BCUT2D eigenvalue weighted by Crippen LogP contribution is 2.36. The van der Waals surface area contributed by atoms with Gasteiger partial charge in [0.15, 0.2) is 0 Å². The molecule has 0 bridgehead atoms. The molecule has 0 aliphatic carbocycles. The Morgan fingerprint density at radius 2 is 1.80 bits per heavy atom. The number of halogens is 4. The average molecular weight is 416 g/mol. The van der Waals surface area contributed by atoms with Crippen LogP contribution in [0.1, 0.15) is 27.0 Å². The third-order valence-corrected chi connectivity index (χ3v) is 5.11. The zero-order chi connectivity index (χ0) is 21.6. The Kier molecular flexibility index (Phi) is 4.74. The molecule has 0 aliphatic heterocycles. The molecule has 1 heterocycles. The number of hydrogen-bond acceptors (Lipinski definition) is 2. The van der Waals surface area contributed by atoms with E-state index in [1.807, 2.05) is 0 Å². The monoisotopic (exact) mass is 416 g/mol. The number of aliphatic hydroxyl groups excluding tert-OH is 1. The number of carbonyl (C=O) groups excluding carboxylic acids is 1. The molecule has 0 saturated carbocycles. The molecule has 154 valence electrons. The van der Waals surface area contributed by atoms with Gasteiger partial charge in [-0.05, 0) is 41.5 Å². The van der Waals surface area contributed by atoms with Crippen LogP contribution in [0, 0.1) is 5.82 Å². The molecule has 3 N–H and O–H groups in total. The van der Waals surface area contributed by atoms with Crippen LogP contribution >= 0.6 is 0 Å². The molecule has 0 saturated heterocycles. The van der Waals surface area contributed by atoms with Crippen LogP contribution in [-0.2, 0) is 19.3 Å². The van der Waals surface area contributed by atoms with Gasteiger partial charge in [-0.15, -0.1) is 0 Å². The molecular weight excluding hydrogens is 400 g/mol. The van der Waals surface area contributed by atoms with Crippen LogP contribution in [-0.4, -0.2) is 15.6 Å². The van der Waals surface area contributed by atoms with Crippen LogP contribution in [0.25, 0.3) is 21.8 Å². The van der Waals surface area contributed by atoms with Crippen LogP contribution in [0.4, 0.5) is 17.6 Å². The fourth-order valence-electron chi connectivity index (χ4n) is 3.78. The molecule has 0 fully saturated rings. The van der Waals surface area contributed by atoms with Gasteiger partial charge in [0.1, 0.15) is 5.82 Å². The first kappa shape index (κ1) is 19.9. The van der Waals surface area contributed by atoms with Crippen LogP contribution in [0.3, 0.4) is 0 Å². The zero-order valence-corrected chi connectivity index (χ0v) is 15.5. The predicted molar refractivity (Wildman–Crippen MR) is 104 cm³/mol. The van der Waals surface area contributed by atoms with E-state index in [-0.39, 0.29) is 24.3 Å². The molecule has 4 rings (SSSR count). The lowest BCUT2D eigenvalue weighted by molar-refractivity contribution is -0.138. The van der Waals surface area contributed by atoms with Crippen LogP contribution < -0.4 is 5.73 Å². The Labute approximate surface area is 168 Å². The molecular formula is C22H16F4N2O2. The second-order valence-corrected chi connectivity index (χ2v) is 6.96. The van der Waals surface area contributed by atoms with E-state index in [0.717, 1.165) is 12.1 Å². The van der Waals surface area contributed by atoms with E-state index in [2.05, 4.69) is 0 Å². The van der Waals surface area contributed by atoms with Crippen LogP contribution in [0.5, 0.6) is 0 Å². The largest absolute Gasteiger partial charge is 0.416 e. The maximum Gasteiger partial charge on any atom is 0.416 e. The van der Waals surface area contributed by atoms with E-state index >= 15 is 0 Å². The van der Waals surface area contributed by atoms with Gasteiger partial charge in [-0.3, -0.25) is 4.79 Å². The van der Waals surface area contributed by atoms with Crippen molar-refractivity contribution in [3.05, 3.63) is 82.7 Å². The second kappa shape index (κ2) is 7.14. The van der Waals surface area contributed by atoms with Gasteiger partial charge in [-0.1, -0.05) is 24.3 Å². The first-order chi connectivity index (χ1) is 14.2. The molecule has 0 unspecified atom stereocenters. The van der Waals surface area contributed by atoms with Crippen LogP contribution in [0.2, 0.25) is 0 Å². The number of hydrogen-bond donors (Lipinski definition) is 2. The van der Waals surface area contributed by atoms with Gasteiger partial charge in [0.05, 0.1) is 17.7 Å². The number of carbonyl (C=O) groups is 1. The van der Waals surface area contributed by atoms with E-state index < -0.39 is 23.5 Å². The lowest BCUT2D eigenvalue weighted by atomic mass is 10.0. The predicted octanol–water partition coefficient (Wildman–Crippen LogP) is 4.59. The number of alkyl halides is 3. The summed E-state index contributed by atoms with van der Waals surface area (Å²) in [5, 5.41) is 10.6. The Balaban J connectivity index is 2.04. The molecule has 8 heteroatoms. The van der Waals surface area contributed by atoms with Crippen molar-refractivity contribution in [3.63, 3.8) is 0 Å². The highest BCUT2D eigenvalue weighted by molar-refractivity contribution is 6.18. The fraction of sp³-hybridized carbons (Fsp3) is 0.136. The maximum absolute atomic E-state index is 13.5. The van der Waals surface area contributed by atoms with Crippen molar-refractivity contribution in [1.29, 1.82) is 0 Å². The number of nitrogens with two attached hydrogens (primary N) is 1. The topological polar surface area (TPSA) is 68.2 Å². The van der Waals surface area contributed by atoms with Gasteiger partial charge in [0.25, 0.3) is 0 Å². The zero-order valence-electron chi connectivity index (χ0n) is 15.5. The first-order valence-corrected chi connectivity index (χ1v) is 9.01. The number of nitrogens with zero attached hydrogens (tertiary/aromatic N) is 1. The number of benzene rings is 3. The summed E-state index contributed by atoms with van der Waals surface area (Å²) >= 11 is 0.